The number of ether oxygens (including phenoxy) is 1. The monoisotopic (exact) mass is 344 g/mol. The highest BCUT2D eigenvalue weighted by atomic mass is 35.5. The van der Waals surface area contributed by atoms with Crippen LogP contribution in [-0.4, -0.2) is 12.1 Å². The van der Waals surface area contributed by atoms with Gasteiger partial charge in [-0.1, -0.05) is 23.8 Å². The molecule has 116 valence electrons. The van der Waals surface area contributed by atoms with E-state index in [0.29, 0.717) is 27.4 Å². The van der Waals surface area contributed by atoms with Crippen LogP contribution in [-0.2, 0) is 0 Å². The van der Waals surface area contributed by atoms with Crippen LogP contribution >= 0.6 is 23.8 Å². The molecule has 2 N–H and O–H groups in total. The van der Waals surface area contributed by atoms with E-state index in [1.165, 1.54) is 0 Å². The second kappa shape index (κ2) is 6.40. The van der Waals surface area contributed by atoms with Crippen molar-refractivity contribution in [2.45, 2.75) is 0 Å². The number of hydrogen-bond donors (Lipinski definition) is 1. The van der Waals surface area contributed by atoms with Crippen LogP contribution in [0.5, 0.6) is 5.75 Å². The fourth-order valence-corrected chi connectivity index (χ4v) is 2.46. The molecule has 6 heteroatoms. The first-order valence-corrected chi connectivity index (χ1v) is 7.57. The third-order valence-corrected chi connectivity index (χ3v) is 3.73. The van der Waals surface area contributed by atoms with Gasteiger partial charge in [0.1, 0.15) is 16.3 Å². The standard InChI is InChI=1S/C17H13ClN2O2S/c1-21-13-5-3-12(4-6-13)20-17-14(16(19)23)9-10-8-11(18)2-7-15(10)22-17/h2-9H,1H3,(H2,19,23)/b20-17-. The highest BCUT2D eigenvalue weighted by Gasteiger charge is 2.07. The summed E-state index contributed by atoms with van der Waals surface area (Å²) in [5.41, 5.74) is 8.08. The van der Waals surface area contributed by atoms with Crippen LogP contribution in [0.2, 0.25) is 5.02 Å². The van der Waals surface area contributed by atoms with Crippen LogP contribution in [0.3, 0.4) is 0 Å². The molecule has 0 aliphatic rings. The van der Waals surface area contributed by atoms with E-state index in [9.17, 15) is 0 Å². The number of fused-ring (bicyclic) bond motifs is 1. The molecule has 0 bridgehead atoms. The van der Waals surface area contributed by atoms with E-state index >= 15 is 0 Å². The van der Waals surface area contributed by atoms with Crippen molar-refractivity contribution < 1.29 is 9.15 Å². The molecule has 4 nitrogen and oxygen atoms in total. The second-order valence-electron chi connectivity index (χ2n) is 4.82. The van der Waals surface area contributed by atoms with Gasteiger partial charge in [-0.3, -0.25) is 0 Å². The smallest absolute Gasteiger partial charge is 0.230 e. The van der Waals surface area contributed by atoms with E-state index in [-0.39, 0.29) is 4.99 Å². The van der Waals surface area contributed by atoms with Gasteiger partial charge in [0, 0.05) is 10.4 Å². The fraction of sp³-hybridized carbons (Fsp3) is 0.0588. The van der Waals surface area contributed by atoms with Gasteiger partial charge in [-0.15, -0.1) is 0 Å². The molecule has 0 aliphatic carbocycles. The van der Waals surface area contributed by atoms with Gasteiger partial charge < -0.3 is 14.9 Å². The highest BCUT2D eigenvalue weighted by molar-refractivity contribution is 7.80. The summed E-state index contributed by atoms with van der Waals surface area (Å²) in [6.45, 7) is 0. The van der Waals surface area contributed by atoms with Crippen molar-refractivity contribution in [1.29, 1.82) is 0 Å². The Morgan fingerprint density at radius 1 is 1.17 bits per heavy atom. The number of hydrogen-bond acceptors (Lipinski definition) is 4. The van der Waals surface area contributed by atoms with Gasteiger partial charge >= 0.3 is 0 Å². The Hall–Kier alpha value is -2.37. The van der Waals surface area contributed by atoms with E-state index in [1.807, 2.05) is 30.3 Å². The SMILES string of the molecule is COc1ccc(/N=c2\oc3ccc(Cl)cc3cc2C(N)=S)cc1. The van der Waals surface area contributed by atoms with Crippen LogP contribution < -0.4 is 16.0 Å². The van der Waals surface area contributed by atoms with Gasteiger partial charge in [0.05, 0.1) is 18.4 Å². The quantitative estimate of drug-likeness (QED) is 0.730. The summed E-state index contributed by atoms with van der Waals surface area (Å²) in [5.74, 6) is 0.753. The number of methoxy groups -OCH3 is 1. The van der Waals surface area contributed by atoms with Crippen LogP contribution in [0.15, 0.2) is 57.9 Å². The van der Waals surface area contributed by atoms with Crippen LogP contribution in [0, 0.1) is 0 Å². The van der Waals surface area contributed by atoms with Crippen molar-refractivity contribution in [2.75, 3.05) is 7.11 Å². The minimum Gasteiger partial charge on any atom is -0.497 e. The Morgan fingerprint density at radius 3 is 2.57 bits per heavy atom. The zero-order valence-electron chi connectivity index (χ0n) is 12.2. The molecule has 0 spiro atoms. The fourth-order valence-electron chi connectivity index (χ4n) is 2.14. The summed E-state index contributed by atoms with van der Waals surface area (Å²) in [7, 11) is 1.61. The molecule has 0 saturated heterocycles. The first-order chi connectivity index (χ1) is 11.1. The first kappa shape index (κ1) is 15.5. The van der Waals surface area contributed by atoms with Gasteiger partial charge in [0.25, 0.3) is 0 Å². The van der Waals surface area contributed by atoms with Crippen LogP contribution in [0.1, 0.15) is 5.56 Å². The maximum Gasteiger partial charge on any atom is 0.230 e. The molecule has 0 fully saturated rings. The van der Waals surface area contributed by atoms with Gasteiger partial charge in [0.2, 0.25) is 5.55 Å². The zero-order valence-corrected chi connectivity index (χ0v) is 13.8. The van der Waals surface area contributed by atoms with Gasteiger partial charge in [-0.05, 0) is 48.5 Å². The molecule has 0 atom stereocenters. The minimum absolute atomic E-state index is 0.211. The van der Waals surface area contributed by atoms with E-state index in [4.69, 9.17) is 38.7 Å². The van der Waals surface area contributed by atoms with Gasteiger partial charge in [-0.2, -0.15) is 0 Å². The summed E-state index contributed by atoms with van der Waals surface area (Å²) in [5, 5.41) is 1.43. The molecule has 1 heterocycles. The molecule has 0 saturated carbocycles. The lowest BCUT2D eigenvalue weighted by Crippen LogP contribution is -2.20. The number of nitrogens with zero attached hydrogens (tertiary/aromatic N) is 1. The third-order valence-electron chi connectivity index (χ3n) is 3.28. The lowest BCUT2D eigenvalue weighted by Gasteiger charge is -2.04. The molecular formula is C17H13ClN2O2S. The van der Waals surface area contributed by atoms with E-state index in [0.717, 1.165) is 11.1 Å². The first-order valence-electron chi connectivity index (χ1n) is 6.79. The molecule has 0 amide bonds. The van der Waals surface area contributed by atoms with Crippen molar-refractivity contribution in [1.82, 2.24) is 0 Å². The van der Waals surface area contributed by atoms with Crippen molar-refractivity contribution in [3.8, 4) is 5.75 Å². The minimum atomic E-state index is 0.211. The normalized spacial score (nSPS) is 11.7. The van der Waals surface area contributed by atoms with Gasteiger partial charge in [0.15, 0.2) is 0 Å². The third kappa shape index (κ3) is 3.36. The van der Waals surface area contributed by atoms with E-state index < -0.39 is 0 Å². The van der Waals surface area contributed by atoms with E-state index in [1.54, 1.807) is 25.3 Å². The maximum absolute atomic E-state index is 6.01. The molecule has 23 heavy (non-hydrogen) atoms. The largest absolute Gasteiger partial charge is 0.497 e. The average Bonchev–Trinajstić information content (AvgIpc) is 2.55. The summed E-state index contributed by atoms with van der Waals surface area (Å²) in [4.78, 5) is 4.70. The van der Waals surface area contributed by atoms with Crippen molar-refractivity contribution in [3.05, 3.63) is 64.7 Å². The molecular weight excluding hydrogens is 332 g/mol. The Morgan fingerprint density at radius 2 is 1.91 bits per heavy atom. The second-order valence-corrected chi connectivity index (χ2v) is 5.70. The Balaban J connectivity index is 2.21. The van der Waals surface area contributed by atoms with Crippen molar-refractivity contribution in [3.63, 3.8) is 0 Å². The summed E-state index contributed by atoms with van der Waals surface area (Å²) < 4.78 is 11.0. The topological polar surface area (TPSA) is 60.8 Å². The summed E-state index contributed by atoms with van der Waals surface area (Å²) in [6, 6.07) is 14.4. The maximum atomic E-state index is 6.01. The molecule has 1 aromatic heterocycles. The number of nitrogens with two attached hydrogens (primary N) is 1. The van der Waals surface area contributed by atoms with Crippen molar-refractivity contribution in [2.24, 2.45) is 10.7 Å². The summed E-state index contributed by atoms with van der Waals surface area (Å²) >= 11 is 11.1. The lowest BCUT2D eigenvalue weighted by atomic mass is 10.2. The Labute approximate surface area is 143 Å². The van der Waals surface area contributed by atoms with Gasteiger partial charge in [-0.25, -0.2) is 4.99 Å². The molecule has 3 aromatic rings. The molecule has 0 unspecified atom stereocenters. The molecule has 3 rings (SSSR count). The van der Waals surface area contributed by atoms with Crippen LogP contribution in [0.25, 0.3) is 11.0 Å². The highest BCUT2D eigenvalue weighted by Crippen LogP contribution is 2.20. The molecule has 0 radical (unpaired) electrons. The Kier molecular flexibility index (Phi) is 4.32. The molecule has 2 aromatic carbocycles. The molecule has 0 aliphatic heterocycles. The summed E-state index contributed by atoms with van der Waals surface area (Å²) in [6.07, 6.45) is 0. The Bertz CT molecular complexity index is 949. The number of rotatable bonds is 3. The zero-order chi connectivity index (χ0) is 16.4. The number of halogens is 1. The number of thiocarbonyl (C=S) groups is 1. The average molecular weight is 345 g/mol. The van der Waals surface area contributed by atoms with Crippen molar-refractivity contribution >= 4 is 45.5 Å². The lowest BCUT2D eigenvalue weighted by molar-refractivity contribution is 0.415. The van der Waals surface area contributed by atoms with Crippen LogP contribution in [0.4, 0.5) is 5.69 Å². The van der Waals surface area contributed by atoms with E-state index in [2.05, 4.69) is 4.99 Å². The predicted molar refractivity (Wildman–Crippen MR) is 95.3 cm³/mol. The predicted octanol–water partition coefficient (Wildman–Crippen LogP) is 3.96. The number of benzene rings is 2.